The summed E-state index contributed by atoms with van der Waals surface area (Å²) in [7, 11) is 0. The van der Waals surface area contributed by atoms with E-state index in [0.717, 1.165) is 0 Å². The molecule has 2 heterocycles. The molecule has 4 atom stereocenters. The van der Waals surface area contributed by atoms with Crippen molar-refractivity contribution in [3.63, 3.8) is 0 Å². The maximum atomic E-state index is 11.8. The topological polar surface area (TPSA) is 133 Å². The summed E-state index contributed by atoms with van der Waals surface area (Å²) in [6, 6.07) is 1.20. The Morgan fingerprint density at radius 1 is 1.60 bits per heavy atom. The minimum absolute atomic E-state index is 0.198. The smallest absolute Gasteiger partial charge is 0.330 e. The summed E-state index contributed by atoms with van der Waals surface area (Å²) in [5, 5.41) is 13.0. The van der Waals surface area contributed by atoms with Crippen molar-refractivity contribution in [2.75, 3.05) is 6.61 Å². The Hall–Kier alpha value is -2.09. The third-order valence-electron chi connectivity index (χ3n) is 3.84. The Bertz CT molecular complexity index is 661. The number of aromatic nitrogens is 2. The van der Waals surface area contributed by atoms with E-state index >= 15 is 0 Å². The Morgan fingerprint density at radius 3 is 2.85 bits per heavy atom. The lowest BCUT2D eigenvalue weighted by molar-refractivity contribution is -0.109. The van der Waals surface area contributed by atoms with Gasteiger partial charge in [-0.25, -0.2) is 4.79 Å². The molecule has 2 rings (SSSR count). The second kappa shape index (κ2) is 5.12. The Kier molecular flexibility index (Phi) is 3.67. The van der Waals surface area contributed by atoms with Crippen molar-refractivity contribution in [3.8, 4) is 0 Å². The van der Waals surface area contributed by atoms with Gasteiger partial charge in [-0.1, -0.05) is 19.0 Å². The maximum absolute atomic E-state index is 11.8. The highest BCUT2D eigenvalue weighted by Gasteiger charge is 2.51. The zero-order valence-electron chi connectivity index (χ0n) is 11.1. The first-order valence-electron chi connectivity index (χ1n) is 6.11. The molecule has 1 aromatic heterocycles. The number of aliphatic hydroxyl groups is 1. The van der Waals surface area contributed by atoms with Crippen LogP contribution in [0.25, 0.3) is 10.4 Å². The molecule has 9 heteroatoms. The van der Waals surface area contributed by atoms with Gasteiger partial charge in [0.2, 0.25) is 0 Å². The van der Waals surface area contributed by atoms with Crippen LogP contribution in [0.2, 0.25) is 0 Å². The number of ether oxygens (including phenoxy) is 1. The van der Waals surface area contributed by atoms with E-state index in [1.54, 1.807) is 6.92 Å². The number of nitrogens with one attached hydrogen (secondary N) is 1. The second-order valence-electron chi connectivity index (χ2n) is 4.87. The number of hydrogen-bond donors (Lipinski definition) is 2. The molecule has 0 spiro atoms. The van der Waals surface area contributed by atoms with Gasteiger partial charge in [0.25, 0.3) is 5.56 Å². The molecule has 0 saturated carbocycles. The Balaban J connectivity index is 2.47. The van der Waals surface area contributed by atoms with Gasteiger partial charge in [-0.3, -0.25) is 14.3 Å². The first-order valence-corrected chi connectivity index (χ1v) is 6.11. The van der Waals surface area contributed by atoms with Crippen molar-refractivity contribution in [1.82, 2.24) is 9.55 Å². The van der Waals surface area contributed by atoms with Gasteiger partial charge in [-0.2, -0.15) is 0 Å². The predicted octanol–water partition coefficient (Wildman–Crippen LogP) is 0.336. The molecule has 1 aliphatic rings. The van der Waals surface area contributed by atoms with Crippen LogP contribution in [0.15, 0.2) is 27.0 Å². The highest BCUT2D eigenvalue weighted by atomic mass is 16.6. The lowest BCUT2D eigenvalue weighted by atomic mass is 9.89. The molecule has 1 saturated heterocycles. The molecule has 0 radical (unpaired) electrons. The summed E-state index contributed by atoms with van der Waals surface area (Å²) < 4.78 is 6.86. The molecule has 0 bridgehead atoms. The molecule has 1 fully saturated rings. The fourth-order valence-electron chi connectivity index (χ4n) is 2.42. The third kappa shape index (κ3) is 2.11. The van der Waals surface area contributed by atoms with Crippen LogP contribution in [0.5, 0.6) is 0 Å². The van der Waals surface area contributed by atoms with Gasteiger partial charge in [0.15, 0.2) is 5.72 Å². The van der Waals surface area contributed by atoms with E-state index in [1.807, 2.05) is 6.92 Å². The zero-order valence-corrected chi connectivity index (χ0v) is 11.1. The van der Waals surface area contributed by atoms with Crippen LogP contribution in [0, 0.1) is 11.8 Å². The van der Waals surface area contributed by atoms with Crippen LogP contribution in [0.4, 0.5) is 0 Å². The van der Waals surface area contributed by atoms with Crippen LogP contribution >= 0.6 is 0 Å². The minimum Gasteiger partial charge on any atom is -0.393 e. The Morgan fingerprint density at radius 2 is 2.30 bits per heavy atom. The second-order valence-corrected chi connectivity index (χ2v) is 4.87. The number of aromatic amines is 1. The van der Waals surface area contributed by atoms with Gasteiger partial charge in [-0.05, 0) is 5.53 Å². The zero-order chi connectivity index (χ0) is 14.9. The molecular formula is C11H15N5O4. The van der Waals surface area contributed by atoms with Gasteiger partial charge in [0, 0.05) is 29.0 Å². The van der Waals surface area contributed by atoms with Crippen molar-refractivity contribution in [2.45, 2.75) is 25.8 Å². The van der Waals surface area contributed by atoms with E-state index in [2.05, 4.69) is 15.0 Å². The van der Waals surface area contributed by atoms with Crippen LogP contribution in [0.3, 0.4) is 0 Å². The van der Waals surface area contributed by atoms with Crippen molar-refractivity contribution in [1.29, 1.82) is 0 Å². The lowest BCUT2D eigenvalue weighted by Gasteiger charge is -2.25. The van der Waals surface area contributed by atoms with E-state index in [-0.39, 0.29) is 11.8 Å². The maximum Gasteiger partial charge on any atom is 0.330 e. The van der Waals surface area contributed by atoms with Crippen molar-refractivity contribution in [3.05, 3.63) is 43.5 Å². The molecule has 9 nitrogen and oxygen atoms in total. The highest BCUT2D eigenvalue weighted by Crippen LogP contribution is 2.45. The van der Waals surface area contributed by atoms with Crippen molar-refractivity contribution in [2.24, 2.45) is 17.0 Å². The first-order chi connectivity index (χ1) is 9.45. The molecule has 2 N–H and O–H groups in total. The molecule has 1 aromatic rings. The quantitative estimate of drug-likeness (QED) is 0.469. The summed E-state index contributed by atoms with van der Waals surface area (Å²) >= 11 is 0. The first kappa shape index (κ1) is 14.3. The summed E-state index contributed by atoms with van der Waals surface area (Å²) in [5.41, 5.74) is 6.10. The van der Waals surface area contributed by atoms with E-state index in [1.165, 1.54) is 16.8 Å². The molecule has 20 heavy (non-hydrogen) atoms. The minimum atomic E-state index is -1.41. The molecule has 4 unspecified atom stereocenters. The fourth-order valence-corrected chi connectivity index (χ4v) is 2.42. The van der Waals surface area contributed by atoms with Crippen LogP contribution in [-0.4, -0.2) is 27.0 Å². The molecule has 0 aromatic carbocycles. The molecular weight excluding hydrogens is 266 g/mol. The summed E-state index contributed by atoms with van der Waals surface area (Å²) in [4.78, 5) is 27.7. The predicted molar refractivity (Wildman–Crippen MR) is 68.7 cm³/mol. The summed E-state index contributed by atoms with van der Waals surface area (Å²) in [5.74, 6) is -0.497. The van der Waals surface area contributed by atoms with Gasteiger partial charge in [-0.15, -0.1) is 0 Å². The van der Waals surface area contributed by atoms with Crippen LogP contribution in [0.1, 0.15) is 20.1 Å². The number of H-pyrrole nitrogens is 1. The van der Waals surface area contributed by atoms with Gasteiger partial charge in [0.05, 0.1) is 6.61 Å². The van der Waals surface area contributed by atoms with E-state index in [9.17, 15) is 14.7 Å². The molecule has 1 aliphatic heterocycles. The number of rotatable bonds is 3. The van der Waals surface area contributed by atoms with Crippen LogP contribution in [-0.2, 0) is 4.74 Å². The number of aliphatic hydroxyl groups excluding tert-OH is 1. The molecule has 108 valence electrons. The number of azide groups is 1. The SMILES string of the molecule is CC1C(n2ccc(=O)[nH]c2=O)OC(CO)(N=[N+]=[N-])C1C. The summed E-state index contributed by atoms with van der Waals surface area (Å²) in [6.45, 7) is 3.10. The highest BCUT2D eigenvalue weighted by molar-refractivity contribution is 4.97. The molecule has 0 amide bonds. The average Bonchev–Trinajstić information content (AvgIpc) is 2.65. The van der Waals surface area contributed by atoms with Gasteiger partial charge >= 0.3 is 5.69 Å². The van der Waals surface area contributed by atoms with E-state index < -0.39 is 29.8 Å². The number of nitrogens with zero attached hydrogens (tertiary/aromatic N) is 4. The summed E-state index contributed by atoms with van der Waals surface area (Å²) in [6.07, 6.45) is 0.588. The lowest BCUT2D eigenvalue weighted by Crippen LogP contribution is -2.37. The third-order valence-corrected chi connectivity index (χ3v) is 3.84. The Labute approximate surface area is 113 Å². The van der Waals surface area contributed by atoms with Crippen molar-refractivity contribution < 1.29 is 9.84 Å². The normalized spacial score (nSPS) is 32.9. The molecule has 0 aliphatic carbocycles. The largest absolute Gasteiger partial charge is 0.393 e. The van der Waals surface area contributed by atoms with Crippen LogP contribution < -0.4 is 11.2 Å². The van der Waals surface area contributed by atoms with Gasteiger partial charge < -0.3 is 9.84 Å². The standard InChI is InChI=1S/C11H15N5O4/c1-6-7(2)11(5-17,14-15-12)20-9(6)16-4-3-8(18)13-10(16)19/h3-4,6-7,9,17H,5H2,1-2H3,(H,13,18,19). The van der Waals surface area contributed by atoms with E-state index in [4.69, 9.17) is 10.3 Å². The fraction of sp³-hybridized carbons (Fsp3) is 0.636. The number of hydrogen-bond acceptors (Lipinski definition) is 5. The monoisotopic (exact) mass is 281 g/mol. The average molecular weight is 281 g/mol. The van der Waals surface area contributed by atoms with E-state index in [0.29, 0.717) is 0 Å². The van der Waals surface area contributed by atoms with Gasteiger partial charge in [0.1, 0.15) is 6.23 Å². The van der Waals surface area contributed by atoms with Crippen molar-refractivity contribution >= 4 is 0 Å².